The Kier molecular flexibility index (Phi) is 4.41. The van der Waals surface area contributed by atoms with Crippen molar-refractivity contribution in [1.29, 1.82) is 0 Å². The van der Waals surface area contributed by atoms with E-state index in [0.29, 0.717) is 17.2 Å². The van der Waals surface area contributed by atoms with Gasteiger partial charge in [0.1, 0.15) is 5.78 Å². The van der Waals surface area contributed by atoms with Crippen molar-refractivity contribution in [2.45, 2.75) is 32.6 Å². The zero-order valence-electron chi connectivity index (χ0n) is 10.8. The Balaban J connectivity index is 2.10. The minimum absolute atomic E-state index is 0.142. The Bertz CT molecular complexity index is 424. The van der Waals surface area contributed by atoms with Gasteiger partial charge in [-0.05, 0) is 37.1 Å². The van der Waals surface area contributed by atoms with Crippen LogP contribution < -0.4 is 5.32 Å². The molecule has 1 unspecified atom stereocenters. The Morgan fingerprint density at radius 3 is 2.94 bits per heavy atom. The molecule has 1 aromatic carbocycles. The normalized spacial score (nSPS) is 23.2. The van der Waals surface area contributed by atoms with Crippen LogP contribution in [0.25, 0.3) is 0 Å². The summed E-state index contributed by atoms with van der Waals surface area (Å²) in [5.74, 6) is 0.358. The van der Waals surface area contributed by atoms with E-state index in [4.69, 9.17) is 11.6 Å². The number of carbonyl (C=O) groups excluding carboxylic acids is 1. The summed E-state index contributed by atoms with van der Waals surface area (Å²) >= 11 is 5.96. The van der Waals surface area contributed by atoms with E-state index in [2.05, 4.69) is 12.2 Å². The smallest absolute Gasteiger partial charge is 0.144 e. The number of hydrogen-bond donors (Lipinski definition) is 1. The lowest BCUT2D eigenvalue weighted by molar-refractivity contribution is -0.127. The zero-order chi connectivity index (χ0) is 13.0. The molecule has 1 aliphatic rings. The SMILES string of the molecule is CCCC1(C(=O)Cc2cccc(Cl)c2)CCNC1. The number of benzene rings is 1. The quantitative estimate of drug-likeness (QED) is 0.886. The zero-order valence-corrected chi connectivity index (χ0v) is 11.6. The molecule has 0 aromatic heterocycles. The molecule has 2 rings (SSSR count). The average molecular weight is 266 g/mol. The highest BCUT2D eigenvalue weighted by atomic mass is 35.5. The van der Waals surface area contributed by atoms with E-state index in [1.165, 1.54) is 0 Å². The van der Waals surface area contributed by atoms with Crippen LogP contribution in [0.5, 0.6) is 0 Å². The van der Waals surface area contributed by atoms with E-state index in [9.17, 15) is 4.79 Å². The van der Waals surface area contributed by atoms with Gasteiger partial charge < -0.3 is 5.32 Å². The maximum atomic E-state index is 12.6. The second-order valence-electron chi connectivity index (χ2n) is 5.19. The molecule has 0 spiro atoms. The van der Waals surface area contributed by atoms with E-state index in [-0.39, 0.29) is 5.41 Å². The first kappa shape index (κ1) is 13.6. The Hall–Kier alpha value is -0.860. The van der Waals surface area contributed by atoms with Crippen molar-refractivity contribution in [1.82, 2.24) is 5.32 Å². The Morgan fingerprint density at radius 1 is 1.50 bits per heavy atom. The van der Waals surface area contributed by atoms with E-state index in [1.54, 1.807) is 0 Å². The number of nitrogens with one attached hydrogen (secondary N) is 1. The molecule has 0 bridgehead atoms. The largest absolute Gasteiger partial charge is 0.316 e. The van der Waals surface area contributed by atoms with Gasteiger partial charge in [0.2, 0.25) is 0 Å². The predicted molar refractivity (Wildman–Crippen MR) is 75.0 cm³/mol. The average Bonchev–Trinajstić information content (AvgIpc) is 2.79. The van der Waals surface area contributed by atoms with Crippen molar-refractivity contribution >= 4 is 17.4 Å². The van der Waals surface area contributed by atoms with E-state index >= 15 is 0 Å². The van der Waals surface area contributed by atoms with Gasteiger partial charge in [-0.2, -0.15) is 0 Å². The summed E-state index contributed by atoms with van der Waals surface area (Å²) in [6.45, 7) is 3.94. The molecular formula is C15H20ClNO. The van der Waals surface area contributed by atoms with Gasteiger partial charge in [-0.15, -0.1) is 0 Å². The molecule has 1 saturated heterocycles. The van der Waals surface area contributed by atoms with Crippen LogP contribution in [0, 0.1) is 5.41 Å². The Morgan fingerprint density at radius 2 is 2.33 bits per heavy atom. The fourth-order valence-electron chi connectivity index (χ4n) is 2.83. The van der Waals surface area contributed by atoms with Crippen LogP contribution in [0.2, 0.25) is 5.02 Å². The van der Waals surface area contributed by atoms with Crippen LogP contribution in [0.1, 0.15) is 31.7 Å². The van der Waals surface area contributed by atoms with Crippen LogP contribution in [-0.2, 0) is 11.2 Å². The van der Waals surface area contributed by atoms with Gasteiger partial charge in [0.05, 0.1) is 0 Å². The van der Waals surface area contributed by atoms with E-state index in [0.717, 1.165) is 37.9 Å². The fourth-order valence-corrected chi connectivity index (χ4v) is 3.05. The van der Waals surface area contributed by atoms with Crippen molar-refractivity contribution in [3.63, 3.8) is 0 Å². The highest BCUT2D eigenvalue weighted by Gasteiger charge is 2.39. The van der Waals surface area contributed by atoms with Gasteiger partial charge in [0.25, 0.3) is 0 Å². The van der Waals surface area contributed by atoms with Gasteiger partial charge >= 0.3 is 0 Å². The number of ketones is 1. The Labute approximate surface area is 114 Å². The fraction of sp³-hybridized carbons (Fsp3) is 0.533. The standard InChI is InChI=1S/C15H20ClNO/c1-2-6-15(7-8-17-11-15)14(18)10-12-4-3-5-13(16)9-12/h3-5,9,17H,2,6-8,10-11H2,1H3. The number of hydrogen-bond acceptors (Lipinski definition) is 2. The first-order valence-electron chi connectivity index (χ1n) is 6.65. The van der Waals surface area contributed by atoms with Gasteiger partial charge in [-0.25, -0.2) is 0 Å². The molecule has 3 heteroatoms. The molecule has 1 N–H and O–H groups in total. The molecular weight excluding hydrogens is 246 g/mol. The summed E-state index contributed by atoms with van der Waals surface area (Å²) in [5.41, 5.74) is 0.881. The summed E-state index contributed by atoms with van der Waals surface area (Å²) in [7, 11) is 0. The molecule has 0 saturated carbocycles. The van der Waals surface area contributed by atoms with Crippen LogP contribution in [0.4, 0.5) is 0 Å². The molecule has 1 aliphatic heterocycles. The lowest BCUT2D eigenvalue weighted by Crippen LogP contribution is -2.34. The summed E-state index contributed by atoms with van der Waals surface area (Å²) in [6, 6.07) is 7.62. The number of rotatable bonds is 5. The summed E-state index contributed by atoms with van der Waals surface area (Å²) in [6.07, 6.45) is 3.52. The second-order valence-corrected chi connectivity index (χ2v) is 5.62. The maximum absolute atomic E-state index is 12.6. The predicted octanol–water partition coefficient (Wildman–Crippen LogP) is 3.23. The summed E-state index contributed by atoms with van der Waals surface area (Å²) in [4.78, 5) is 12.6. The lowest BCUT2D eigenvalue weighted by atomic mass is 9.76. The molecule has 0 radical (unpaired) electrons. The van der Waals surface area contributed by atoms with Crippen LogP contribution in [-0.4, -0.2) is 18.9 Å². The third kappa shape index (κ3) is 2.93. The molecule has 0 amide bonds. The minimum atomic E-state index is -0.142. The number of Topliss-reactive ketones (excluding diaryl/α,β-unsaturated/α-hetero) is 1. The van der Waals surface area contributed by atoms with Gasteiger partial charge in [0, 0.05) is 23.4 Å². The van der Waals surface area contributed by atoms with Gasteiger partial charge in [-0.3, -0.25) is 4.79 Å². The topological polar surface area (TPSA) is 29.1 Å². The van der Waals surface area contributed by atoms with Crippen molar-refractivity contribution < 1.29 is 4.79 Å². The molecule has 2 nitrogen and oxygen atoms in total. The highest BCUT2D eigenvalue weighted by Crippen LogP contribution is 2.33. The first-order chi connectivity index (χ1) is 8.66. The lowest BCUT2D eigenvalue weighted by Gasteiger charge is -2.26. The van der Waals surface area contributed by atoms with Crippen molar-refractivity contribution in [3.8, 4) is 0 Å². The highest BCUT2D eigenvalue weighted by molar-refractivity contribution is 6.30. The molecule has 1 atom stereocenters. The molecule has 18 heavy (non-hydrogen) atoms. The second kappa shape index (κ2) is 5.85. The number of carbonyl (C=O) groups is 1. The monoisotopic (exact) mass is 265 g/mol. The van der Waals surface area contributed by atoms with E-state index < -0.39 is 0 Å². The maximum Gasteiger partial charge on any atom is 0.144 e. The number of halogens is 1. The van der Waals surface area contributed by atoms with Gasteiger partial charge in [-0.1, -0.05) is 37.1 Å². The molecule has 98 valence electrons. The van der Waals surface area contributed by atoms with Crippen LogP contribution in [0.15, 0.2) is 24.3 Å². The molecule has 1 heterocycles. The first-order valence-corrected chi connectivity index (χ1v) is 7.02. The third-order valence-corrected chi connectivity index (χ3v) is 4.05. The van der Waals surface area contributed by atoms with Gasteiger partial charge in [0.15, 0.2) is 0 Å². The molecule has 0 aliphatic carbocycles. The van der Waals surface area contributed by atoms with Crippen molar-refractivity contribution in [2.75, 3.05) is 13.1 Å². The summed E-state index contributed by atoms with van der Waals surface area (Å²) < 4.78 is 0. The summed E-state index contributed by atoms with van der Waals surface area (Å²) in [5, 5.41) is 4.03. The van der Waals surface area contributed by atoms with Crippen LogP contribution >= 0.6 is 11.6 Å². The molecule has 1 aromatic rings. The minimum Gasteiger partial charge on any atom is -0.316 e. The third-order valence-electron chi connectivity index (χ3n) is 3.82. The molecule has 1 fully saturated rings. The van der Waals surface area contributed by atoms with E-state index in [1.807, 2.05) is 24.3 Å². The van der Waals surface area contributed by atoms with Crippen molar-refractivity contribution in [2.24, 2.45) is 5.41 Å². The van der Waals surface area contributed by atoms with Crippen molar-refractivity contribution in [3.05, 3.63) is 34.9 Å². The van der Waals surface area contributed by atoms with Crippen LogP contribution in [0.3, 0.4) is 0 Å².